The molecule has 0 aliphatic heterocycles. The SMILES string of the molecule is O=C(NCCO)c1ccc(Cn2nc(C(F)F)cc2C(F)F)o1. The molecular formula is C13H13F4N3O3. The number of aromatic nitrogens is 2. The van der Waals surface area contributed by atoms with E-state index in [1.807, 2.05) is 0 Å². The first kappa shape index (κ1) is 17.0. The standard InChI is InChI=1S/C13H13F4N3O3/c14-11(15)8-5-9(12(16)17)20(19-8)6-7-1-2-10(23-7)13(22)18-3-4-21/h1-2,5,11-12,21H,3-4,6H2,(H,18,22). The third kappa shape index (κ3) is 4.09. The Kier molecular flexibility index (Phi) is 5.37. The van der Waals surface area contributed by atoms with E-state index in [0.717, 1.165) is 0 Å². The topological polar surface area (TPSA) is 80.3 Å². The quantitative estimate of drug-likeness (QED) is 0.760. The molecule has 6 nitrogen and oxygen atoms in total. The summed E-state index contributed by atoms with van der Waals surface area (Å²) in [7, 11) is 0. The van der Waals surface area contributed by atoms with Crippen LogP contribution in [-0.4, -0.2) is 33.9 Å². The third-order valence-electron chi connectivity index (χ3n) is 2.87. The van der Waals surface area contributed by atoms with Gasteiger partial charge in [0.25, 0.3) is 18.8 Å². The van der Waals surface area contributed by atoms with Gasteiger partial charge in [-0.05, 0) is 18.2 Å². The lowest BCUT2D eigenvalue weighted by atomic mass is 10.3. The van der Waals surface area contributed by atoms with Crippen molar-refractivity contribution in [3.63, 3.8) is 0 Å². The molecule has 0 saturated heterocycles. The van der Waals surface area contributed by atoms with Crippen molar-refractivity contribution in [1.29, 1.82) is 0 Å². The average Bonchev–Trinajstić information content (AvgIpc) is 3.12. The highest BCUT2D eigenvalue weighted by Gasteiger charge is 2.22. The van der Waals surface area contributed by atoms with Crippen LogP contribution in [0.2, 0.25) is 0 Å². The molecular weight excluding hydrogens is 322 g/mol. The Hall–Kier alpha value is -2.36. The zero-order valence-electron chi connectivity index (χ0n) is 11.7. The summed E-state index contributed by atoms with van der Waals surface area (Å²) in [5.41, 5.74) is -1.42. The van der Waals surface area contributed by atoms with E-state index in [-0.39, 0.29) is 31.2 Å². The predicted octanol–water partition coefficient (Wildman–Crippen LogP) is 2.12. The van der Waals surface area contributed by atoms with Crippen LogP contribution >= 0.6 is 0 Å². The van der Waals surface area contributed by atoms with E-state index in [0.29, 0.717) is 10.7 Å². The van der Waals surface area contributed by atoms with Crippen molar-refractivity contribution in [2.45, 2.75) is 19.4 Å². The van der Waals surface area contributed by atoms with E-state index < -0.39 is 30.1 Å². The molecule has 0 saturated carbocycles. The van der Waals surface area contributed by atoms with E-state index in [1.165, 1.54) is 12.1 Å². The van der Waals surface area contributed by atoms with E-state index in [9.17, 15) is 22.4 Å². The van der Waals surface area contributed by atoms with Crippen LogP contribution in [0.25, 0.3) is 0 Å². The van der Waals surface area contributed by atoms with Gasteiger partial charge in [-0.15, -0.1) is 0 Å². The van der Waals surface area contributed by atoms with Crippen molar-refractivity contribution < 1.29 is 31.9 Å². The van der Waals surface area contributed by atoms with Crippen LogP contribution in [0.3, 0.4) is 0 Å². The molecule has 0 spiro atoms. The molecule has 2 N–H and O–H groups in total. The summed E-state index contributed by atoms with van der Waals surface area (Å²) in [5.74, 6) is -0.577. The monoisotopic (exact) mass is 335 g/mol. The van der Waals surface area contributed by atoms with E-state index >= 15 is 0 Å². The number of alkyl halides is 4. The van der Waals surface area contributed by atoms with E-state index in [2.05, 4.69) is 10.4 Å². The minimum atomic E-state index is -2.97. The summed E-state index contributed by atoms with van der Waals surface area (Å²) in [6.07, 6.45) is -5.94. The lowest BCUT2D eigenvalue weighted by molar-refractivity contribution is 0.0914. The van der Waals surface area contributed by atoms with Crippen molar-refractivity contribution in [3.05, 3.63) is 41.1 Å². The summed E-state index contributed by atoms with van der Waals surface area (Å²) >= 11 is 0. The van der Waals surface area contributed by atoms with Gasteiger partial charge in [0.1, 0.15) is 17.1 Å². The number of nitrogens with one attached hydrogen (secondary N) is 1. The fourth-order valence-electron chi connectivity index (χ4n) is 1.85. The van der Waals surface area contributed by atoms with Crippen LogP contribution in [0.1, 0.15) is 40.6 Å². The first-order valence-corrected chi connectivity index (χ1v) is 6.54. The number of amides is 1. The number of rotatable bonds is 7. The van der Waals surface area contributed by atoms with Crippen molar-refractivity contribution in [1.82, 2.24) is 15.1 Å². The Bertz CT molecular complexity index is 669. The Morgan fingerprint density at radius 1 is 1.30 bits per heavy atom. The molecule has 2 heterocycles. The number of nitrogens with zero attached hydrogens (tertiary/aromatic N) is 2. The van der Waals surface area contributed by atoms with Gasteiger partial charge < -0.3 is 14.8 Å². The van der Waals surface area contributed by atoms with Crippen LogP contribution in [-0.2, 0) is 6.54 Å². The molecule has 0 unspecified atom stereocenters. The average molecular weight is 335 g/mol. The summed E-state index contributed by atoms with van der Waals surface area (Å²) < 4.78 is 56.7. The summed E-state index contributed by atoms with van der Waals surface area (Å²) in [6, 6.07) is 3.29. The molecule has 0 atom stereocenters. The molecule has 126 valence electrons. The molecule has 2 aromatic rings. The molecule has 23 heavy (non-hydrogen) atoms. The first-order valence-electron chi connectivity index (χ1n) is 6.54. The number of furan rings is 1. The molecule has 2 rings (SSSR count). The van der Waals surface area contributed by atoms with Gasteiger partial charge in [-0.25, -0.2) is 17.6 Å². The molecule has 0 radical (unpaired) electrons. The lowest BCUT2D eigenvalue weighted by Gasteiger charge is -2.04. The molecule has 1 amide bonds. The van der Waals surface area contributed by atoms with Crippen LogP contribution in [0.5, 0.6) is 0 Å². The molecule has 0 aliphatic carbocycles. The van der Waals surface area contributed by atoms with Crippen LogP contribution in [0.15, 0.2) is 22.6 Å². The molecule has 0 fully saturated rings. The molecule has 2 aromatic heterocycles. The summed E-state index contributed by atoms with van der Waals surface area (Å²) in [6.45, 7) is -0.540. The largest absolute Gasteiger partial charge is 0.454 e. The van der Waals surface area contributed by atoms with E-state index in [4.69, 9.17) is 9.52 Å². The molecule has 0 aliphatic rings. The highest BCUT2D eigenvalue weighted by atomic mass is 19.3. The van der Waals surface area contributed by atoms with Gasteiger partial charge in [0, 0.05) is 6.54 Å². The zero-order valence-corrected chi connectivity index (χ0v) is 11.7. The summed E-state index contributed by atoms with van der Waals surface area (Å²) in [4.78, 5) is 11.6. The minimum absolute atomic E-state index is 0.0291. The molecule has 0 aromatic carbocycles. The second-order valence-electron chi connectivity index (χ2n) is 4.50. The van der Waals surface area contributed by atoms with Crippen molar-refractivity contribution in [3.8, 4) is 0 Å². The molecule has 0 bridgehead atoms. The first-order chi connectivity index (χ1) is 10.9. The normalized spacial score (nSPS) is 11.4. The second-order valence-corrected chi connectivity index (χ2v) is 4.50. The Labute approximate surface area is 127 Å². The maximum atomic E-state index is 12.9. The highest BCUT2D eigenvalue weighted by Crippen LogP contribution is 2.25. The van der Waals surface area contributed by atoms with Crippen LogP contribution < -0.4 is 5.32 Å². The van der Waals surface area contributed by atoms with Gasteiger partial charge in [-0.1, -0.05) is 0 Å². The third-order valence-corrected chi connectivity index (χ3v) is 2.87. The van der Waals surface area contributed by atoms with Gasteiger partial charge in [0.2, 0.25) is 0 Å². The van der Waals surface area contributed by atoms with Crippen molar-refractivity contribution in [2.24, 2.45) is 0 Å². The zero-order chi connectivity index (χ0) is 17.0. The number of carbonyl (C=O) groups is 1. The molecule has 10 heteroatoms. The smallest absolute Gasteiger partial charge is 0.287 e. The minimum Gasteiger partial charge on any atom is -0.454 e. The van der Waals surface area contributed by atoms with Crippen LogP contribution in [0, 0.1) is 0 Å². The van der Waals surface area contributed by atoms with Gasteiger partial charge in [-0.3, -0.25) is 9.48 Å². The Morgan fingerprint density at radius 2 is 2.04 bits per heavy atom. The van der Waals surface area contributed by atoms with E-state index in [1.54, 1.807) is 0 Å². The number of aliphatic hydroxyl groups excluding tert-OH is 1. The Balaban J connectivity index is 2.16. The fraction of sp³-hybridized carbons (Fsp3) is 0.385. The van der Waals surface area contributed by atoms with Crippen molar-refractivity contribution >= 4 is 5.91 Å². The van der Waals surface area contributed by atoms with Crippen LogP contribution in [0.4, 0.5) is 17.6 Å². The maximum absolute atomic E-state index is 12.9. The van der Waals surface area contributed by atoms with Gasteiger partial charge in [0.15, 0.2) is 5.76 Å². The number of halogens is 4. The highest BCUT2D eigenvalue weighted by molar-refractivity contribution is 5.91. The van der Waals surface area contributed by atoms with Gasteiger partial charge in [-0.2, -0.15) is 5.10 Å². The second kappa shape index (κ2) is 7.27. The lowest BCUT2D eigenvalue weighted by Crippen LogP contribution is -2.25. The predicted molar refractivity (Wildman–Crippen MR) is 69.4 cm³/mol. The number of hydrogen-bond acceptors (Lipinski definition) is 4. The fourth-order valence-corrected chi connectivity index (χ4v) is 1.85. The Morgan fingerprint density at radius 3 is 2.65 bits per heavy atom. The van der Waals surface area contributed by atoms with Gasteiger partial charge in [0.05, 0.1) is 13.2 Å². The number of hydrogen-bond donors (Lipinski definition) is 2. The van der Waals surface area contributed by atoms with Gasteiger partial charge >= 0.3 is 0 Å². The number of aliphatic hydroxyl groups is 1. The maximum Gasteiger partial charge on any atom is 0.287 e. The summed E-state index contributed by atoms with van der Waals surface area (Å²) in [5, 5.41) is 14.4. The number of carbonyl (C=O) groups excluding carboxylic acids is 1. The van der Waals surface area contributed by atoms with Crippen molar-refractivity contribution in [2.75, 3.05) is 13.2 Å².